The van der Waals surface area contributed by atoms with E-state index in [1.807, 2.05) is 43.3 Å². The number of tetrazole rings is 1. The van der Waals surface area contributed by atoms with E-state index >= 15 is 0 Å². The number of benzene rings is 2. The lowest BCUT2D eigenvalue weighted by Crippen LogP contribution is -2.00. The first-order valence-electron chi connectivity index (χ1n) is 8.33. The molecule has 2 aromatic carbocycles. The number of thioether (sulfide) groups is 1. The predicted octanol–water partition coefficient (Wildman–Crippen LogP) is 4.23. The van der Waals surface area contributed by atoms with Crippen LogP contribution in [0.1, 0.15) is 18.1 Å². The van der Waals surface area contributed by atoms with Gasteiger partial charge in [-0.2, -0.15) is 4.68 Å². The van der Waals surface area contributed by atoms with Gasteiger partial charge in [-0.05, 0) is 59.8 Å². The van der Waals surface area contributed by atoms with Crippen LogP contribution in [0.4, 0.5) is 0 Å². The van der Waals surface area contributed by atoms with E-state index in [2.05, 4.69) is 25.7 Å². The number of rotatable bonds is 6. The second-order valence-corrected chi connectivity index (χ2v) is 7.53. The Balaban J connectivity index is 1.53. The molecule has 1 atom stereocenters. The first-order chi connectivity index (χ1) is 13.6. The van der Waals surface area contributed by atoms with Crippen LogP contribution in [0.5, 0.6) is 5.75 Å². The molecule has 0 radical (unpaired) electrons. The molecule has 0 amide bonds. The van der Waals surface area contributed by atoms with Crippen molar-refractivity contribution in [2.24, 2.45) is 0 Å². The summed E-state index contributed by atoms with van der Waals surface area (Å²) >= 11 is 7.48. The van der Waals surface area contributed by atoms with Gasteiger partial charge in [0.2, 0.25) is 16.9 Å². The molecule has 4 rings (SSSR count). The number of hydrogen-bond acceptors (Lipinski definition) is 8. The maximum atomic E-state index is 6.07. The molecule has 10 heteroatoms. The summed E-state index contributed by atoms with van der Waals surface area (Å²) < 4.78 is 12.6. The Morgan fingerprint density at radius 3 is 2.68 bits per heavy atom. The second kappa shape index (κ2) is 7.99. The third-order valence-corrected chi connectivity index (χ3v) is 5.16. The summed E-state index contributed by atoms with van der Waals surface area (Å²) in [5.74, 6) is 1.69. The maximum absolute atomic E-state index is 6.07. The van der Waals surface area contributed by atoms with E-state index in [9.17, 15) is 0 Å². The van der Waals surface area contributed by atoms with Gasteiger partial charge in [-0.1, -0.05) is 29.4 Å². The Hall–Kier alpha value is -2.91. The van der Waals surface area contributed by atoms with Crippen LogP contribution in [0.3, 0.4) is 0 Å². The number of nitrogens with zero attached hydrogens (tertiary/aromatic N) is 6. The lowest BCUT2D eigenvalue weighted by molar-refractivity contribution is 0.415. The van der Waals surface area contributed by atoms with Crippen LogP contribution in [0.15, 0.2) is 58.1 Å². The molecule has 142 valence electrons. The Morgan fingerprint density at radius 2 is 1.93 bits per heavy atom. The van der Waals surface area contributed by atoms with Gasteiger partial charge in [0.1, 0.15) is 5.75 Å². The van der Waals surface area contributed by atoms with Crippen LogP contribution in [-0.2, 0) is 0 Å². The van der Waals surface area contributed by atoms with Crippen LogP contribution in [0.25, 0.3) is 17.1 Å². The molecule has 0 saturated heterocycles. The number of hydrogen-bond donors (Lipinski definition) is 0. The lowest BCUT2D eigenvalue weighted by atomic mass is 10.2. The molecule has 0 aliphatic heterocycles. The van der Waals surface area contributed by atoms with Crippen molar-refractivity contribution in [2.75, 3.05) is 7.11 Å². The summed E-state index contributed by atoms with van der Waals surface area (Å²) in [6, 6.07) is 14.7. The number of aromatic nitrogens is 6. The molecule has 0 saturated carbocycles. The average Bonchev–Trinajstić information content (AvgIpc) is 3.38. The molecule has 0 fully saturated rings. The highest BCUT2D eigenvalue weighted by Crippen LogP contribution is 2.34. The van der Waals surface area contributed by atoms with Gasteiger partial charge in [-0.25, -0.2) is 0 Å². The summed E-state index contributed by atoms with van der Waals surface area (Å²) in [6.07, 6.45) is 0. The predicted molar refractivity (Wildman–Crippen MR) is 105 cm³/mol. The smallest absolute Gasteiger partial charge is 0.247 e. The van der Waals surface area contributed by atoms with Crippen LogP contribution in [0, 0.1) is 0 Å². The van der Waals surface area contributed by atoms with Crippen molar-refractivity contribution in [3.05, 3.63) is 59.4 Å². The second-order valence-electron chi connectivity index (χ2n) is 5.79. The summed E-state index contributed by atoms with van der Waals surface area (Å²) in [6.45, 7) is 1.95. The van der Waals surface area contributed by atoms with Crippen LogP contribution in [0.2, 0.25) is 5.02 Å². The minimum Gasteiger partial charge on any atom is -0.497 e. The Bertz CT molecular complexity index is 1080. The van der Waals surface area contributed by atoms with Crippen molar-refractivity contribution in [1.29, 1.82) is 0 Å². The van der Waals surface area contributed by atoms with Gasteiger partial charge in [0, 0.05) is 10.6 Å². The molecular weight excluding hydrogens is 400 g/mol. The van der Waals surface area contributed by atoms with Crippen molar-refractivity contribution in [3.63, 3.8) is 0 Å². The molecule has 0 aliphatic rings. The fourth-order valence-electron chi connectivity index (χ4n) is 2.48. The molecule has 2 heterocycles. The number of methoxy groups -OCH3 is 1. The third-order valence-electron chi connectivity index (χ3n) is 3.90. The zero-order chi connectivity index (χ0) is 19.5. The zero-order valence-electron chi connectivity index (χ0n) is 15.0. The van der Waals surface area contributed by atoms with Gasteiger partial charge < -0.3 is 9.15 Å². The Labute approximate surface area is 169 Å². The molecule has 0 unspecified atom stereocenters. The molecule has 4 aromatic rings. The lowest BCUT2D eigenvalue weighted by Gasteiger charge is -2.07. The van der Waals surface area contributed by atoms with Crippen LogP contribution < -0.4 is 4.74 Å². The van der Waals surface area contributed by atoms with Crippen molar-refractivity contribution in [3.8, 4) is 22.9 Å². The molecule has 0 bridgehead atoms. The van der Waals surface area contributed by atoms with Gasteiger partial charge in [-0.15, -0.1) is 15.3 Å². The molecule has 8 nitrogen and oxygen atoms in total. The van der Waals surface area contributed by atoms with Crippen molar-refractivity contribution in [2.45, 2.75) is 17.3 Å². The van der Waals surface area contributed by atoms with E-state index in [0.29, 0.717) is 22.0 Å². The molecule has 2 aromatic heterocycles. The van der Waals surface area contributed by atoms with Gasteiger partial charge in [0.25, 0.3) is 0 Å². The molecule has 0 N–H and O–H groups in total. The van der Waals surface area contributed by atoms with Crippen molar-refractivity contribution >= 4 is 23.4 Å². The zero-order valence-corrected chi connectivity index (χ0v) is 16.6. The molecular formula is C18H15ClN6O2S. The van der Waals surface area contributed by atoms with E-state index in [0.717, 1.165) is 17.0 Å². The maximum Gasteiger partial charge on any atom is 0.247 e. The van der Waals surface area contributed by atoms with E-state index < -0.39 is 0 Å². The summed E-state index contributed by atoms with van der Waals surface area (Å²) in [5, 5.41) is 21.3. The summed E-state index contributed by atoms with van der Waals surface area (Å²) in [5.41, 5.74) is 1.59. The standard InChI is InChI=1S/C18H15ClN6O2S/c1-11(16-20-21-17(27-16)12-6-8-15(26-2)9-7-12)28-18-22-23-24-25(18)14-5-3-4-13(19)10-14/h3-11H,1-2H3/t11-/m1/s1. The van der Waals surface area contributed by atoms with E-state index in [4.69, 9.17) is 20.8 Å². The van der Waals surface area contributed by atoms with Gasteiger partial charge in [0.15, 0.2) is 0 Å². The summed E-state index contributed by atoms with van der Waals surface area (Å²) in [4.78, 5) is 0. The first-order valence-corrected chi connectivity index (χ1v) is 9.58. The normalized spacial score (nSPS) is 12.1. The van der Waals surface area contributed by atoms with Gasteiger partial charge >= 0.3 is 0 Å². The third kappa shape index (κ3) is 3.85. The molecule has 0 spiro atoms. The SMILES string of the molecule is COc1ccc(-c2nnc([C@@H](C)Sc3nnnn3-c3cccc(Cl)c3)o2)cc1. The van der Waals surface area contributed by atoms with Crippen molar-refractivity contribution in [1.82, 2.24) is 30.4 Å². The Morgan fingerprint density at radius 1 is 1.11 bits per heavy atom. The fraction of sp³-hybridized carbons (Fsp3) is 0.167. The van der Waals surface area contributed by atoms with E-state index in [-0.39, 0.29) is 5.25 Å². The molecule has 28 heavy (non-hydrogen) atoms. The number of ether oxygens (including phenoxy) is 1. The van der Waals surface area contributed by atoms with Crippen LogP contribution in [-0.4, -0.2) is 37.5 Å². The van der Waals surface area contributed by atoms with Crippen LogP contribution >= 0.6 is 23.4 Å². The molecule has 0 aliphatic carbocycles. The van der Waals surface area contributed by atoms with Crippen molar-refractivity contribution < 1.29 is 9.15 Å². The fourth-order valence-corrected chi connectivity index (χ4v) is 3.50. The van der Waals surface area contributed by atoms with E-state index in [1.54, 1.807) is 23.9 Å². The number of halogens is 1. The minimum absolute atomic E-state index is 0.150. The highest BCUT2D eigenvalue weighted by Gasteiger charge is 2.20. The topological polar surface area (TPSA) is 91.8 Å². The minimum atomic E-state index is -0.150. The van der Waals surface area contributed by atoms with Gasteiger partial charge in [0.05, 0.1) is 18.0 Å². The highest BCUT2D eigenvalue weighted by atomic mass is 35.5. The quantitative estimate of drug-likeness (QED) is 0.433. The monoisotopic (exact) mass is 414 g/mol. The Kier molecular flexibility index (Phi) is 5.27. The average molecular weight is 415 g/mol. The largest absolute Gasteiger partial charge is 0.497 e. The van der Waals surface area contributed by atoms with Gasteiger partial charge in [-0.3, -0.25) is 0 Å². The highest BCUT2D eigenvalue weighted by molar-refractivity contribution is 7.99. The van der Waals surface area contributed by atoms with E-state index in [1.165, 1.54) is 11.8 Å². The summed E-state index contributed by atoms with van der Waals surface area (Å²) in [7, 11) is 1.62. The first kappa shape index (κ1) is 18.5.